The van der Waals surface area contributed by atoms with Crippen LogP contribution in [0, 0.1) is 0 Å². The first kappa shape index (κ1) is 14.1. The zero-order chi connectivity index (χ0) is 13.5. The Morgan fingerprint density at radius 3 is 2.21 bits per heavy atom. The largest absolute Gasteiger partial charge is 0.352 e. The Labute approximate surface area is 118 Å². The molecule has 0 aliphatic heterocycles. The van der Waals surface area contributed by atoms with Crippen molar-refractivity contribution in [2.75, 3.05) is 14.2 Å². The van der Waals surface area contributed by atoms with Gasteiger partial charge in [-0.1, -0.05) is 12.1 Å². The topological polar surface area (TPSA) is 31.4 Å². The van der Waals surface area contributed by atoms with Crippen molar-refractivity contribution >= 4 is 11.8 Å². The molecule has 1 aromatic carbocycles. The highest BCUT2D eigenvalue weighted by atomic mass is 32.2. The van der Waals surface area contributed by atoms with Crippen molar-refractivity contribution in [1.29, 1.82) is 0 Å². The number of aromatic nitrogens is 1. The summed E-state index contributed by atoms with van der Waals surface area (Å²) in [6, 6.07) is 12.3. The van der Waals surface area contributed by atoms with Gasteiger partial charge in [-0.2, -0.15) is 0 Å². The standard InChI is InChI=1S/C15H17NO2S/c1-17-15(18-2)13-3-5-14(6-4-13)19-11-12-7-9-16-10-8-12/h3-10,15H,11H2,1-2H3. The molecule has 0 fully saturated rings. The molecule has 0 aliphatic carbocycles. The van der Waals surface area contributed by atoms with Crippen LogP contribution in [0.25, 0.3) is 0 Å². The minimum Gasteiger partial charge on any atom is -0.352 e. The lowest BCUT2D eigenvalue weighted by molar-refractivity contribution is -0.106. The van der Waals surface area contributed by atoms with E-state index in [4.69, 9.17) is 9.47 Å². The van der Waals surface area contributed by atoms with E-state index in [1.54, 1.807) is 26.0 Å². The minimum absolute atomic E-state index is 0.292. The molecular weight excluding hydrogens is 258 g/mol. The van der Waals surface area contributed by atoms with E-state index in [1.807, 2.05) is 36.7 Å². The molecule has 1 aromatic heterocycles. The lowest BCUT2D eigenvalue weighted by Crippen LogP contribution is -2.02. The van der Waals surface area contributed by atoms with E-state index in [0.717, 1.165) is 11.3 Å². The molecule has 19 heavy (non-hydrogen) atoms. The van der Waals surface area contributed by atoms with E-state index in [1.165, 1.54) is 10.5 Å². The molecule has 4 heteroatoms. The Kier molecular flexibility index (Phi) is 5.39. The first-order valence-electron chi connectivity index (χ1n) is 6.00. The number of hydrogen-bond donors (Lipinski definition) is 0. The van der Waals surface area contributed by atoms with Gasteiger partial charge in [-0.05, 0) is 29.8 Å². The second-order valence-corrected chi connectivity index (χ2v) is 5.07. The molecular formula is C15H17NO2S. The highest BCUT2D eigenvalue weighted by Crippen LogP contribution is 2.25. The summed E-state index contributed by atoms with van der Waals surface area (Å²) in [6.45, 7) is 0. The van der Waals surface area contributed by atoms with E-state index in [0.29, 0.717) is 0 Å². The molecule has 2 aromatic rings. The van der Waals surface area contributed by atoms with Gasteiger partial charge < -0.3 is 9.47 Å². The van der Waals surface area contributed by atoms with Gasteiger partial charge in [-0.15, -0.1) is 11.8 Å². The highest BCUT2D eigenvalue weighted by Gasteiger charge is 2.08. The van der Waals surface area contributed by atoms with Crippen LogP contribution in [0.3, 0.4) is 0 Å². The summed E-state index contributed by atoms with van der Waals surface area (Å²) in [6.07, 6.45) is 3.35. The van der Waals surface area contributed by atoms with Gasteiger partial charge in [0.1, 0.15) is 0 Å². The van der Waals surface area contributed by atoms with Gasteiger partial charge in [-0.25, -0.2) is 0 Å². The van der Waals surface area contributed by atoms with Gasteiger partial charge in [0.25, 0.3) is 0 Å². The smallest absolute Gasteiger partial charge is 0.183 e. The van der Waals surface area contributed by atoms with Crippen LogP contribution in [0.4, 0.5) is 0 Å². The quantitative estimate of drug-likeness (QED) is 0.594. The van der Waals surface area contributed by atoms with Crippen molar-refractivity contribution in [3.05, 3.63) is 59.9 Å². The normalized spacial score (nSPS) is 10.9. The first-order chi connectivity index (χ1) is 9.33. The van der Waals surface area contributed by atoms with Gasteiger partial charge in [-0.3, -0.25) is 4.98 Å². The molecule has 0 aliphatic rings. The van der Waals surface area contributed by atoms with Crippen LogP contribution >= 0.6 is 11.8 Å². The van der Waals surface area contributed by atoms with Crippen molar-refractivity contribution in [1.82, 2.24) is 4.98 Å². The maximum Gasteiger partial charge on any atom is 0.183 e. The van der Waals surface area contributed by atoms with Gasteiger partial charge in [0, 0.05) is 42.8 Å². The van der Waals surface area contributed by atoms with Crippen LogP contribution in [-0.4, -0.2) is 19.2 Å². The van der Waals surface area contributed by atoms with Crippen LogP contribution in [-0.2, 0) is 15.2 Å². The number of nitrogens with zero attached hydrogens (tertiary/aromatic N) is 1. The van der Waals surface area contributed by atoms with E-state index in [9.17, 15) is 0 Å². The van der Waals surface area contributed by atoms with Crippen LogP contribution < -0.4 is 0 Å². The second-order valence-electron chi connectivity index (χ2n) is 4.02. The van der Waals surface area contributed by atoms with E-state index >= 15 is 0 Å². The summed E-state index contributed by atoms with van der Waals surface area (Å²) in [5, 5.41) is 0. The summed E-state index contributed by atoms with van der Waals surface area (Å²) in [4.78, 5) is 5.24. The van der Waals surface area contributed by atoms with Crippen LogP contribution in [0.15, 0.2) is 53.7 Å². The molecule has 0 saturated heterocycles. The fourth-order valence-corrected chi connectivity index (χ4v) is 2.59. The number of ether oxygens (including phenoxy) is 2. The van der Waals surface area contributed by atoms with Gasteiger partial charge in [0.15, 0.2) is 6.29 Å². The number of rotatable bonds is 6. The first-order valence-corrected chi connectivity index (χ1v) is 6.99. The number of thioether (sulfide) groups is 1. The molecule has 0 amide bonds. The third-order valence-corrected chi connectivity index (χ3v) is 3.82. The fraction of sp³-hybridized carbons (Fsp3) is 0.267. The molecule has 0 saturated carbocycles. The third kappa shape index (κ3) is 4.06. The maximum atomic E-state index is 5.22. The Morgan fingerprint density at radius 2 is 1.63 bits per heavy atom. The highest BCUT2D eigenvalue weighted by molar-refractivity contribution is 7.98. The molecule has 2 rings (SSSR count). The van der Waals surface area contributed by atoms with Crippen molar-refractivity contribution in [2.24, 2.45) is 0 Å². The summed E-state index contributed by atoms with van der Waals surface area (Å²) < 4.78 is 10.4. The minimum atomic E-state index is -0.292. The lowest BCUT2D eigenvalue weighted by atomic mass is 10.2. The molecule has 3 nitrogen and oxygen atoms in total. The lowest BCUT2D eigenvalue weighted by Gasteiger charge is -2.13. The predicted octanol–water partition coefficient (Wildman–Crippen LogP) is 3.67. The van der Waals surface area contributed by atoms with Crippen molar-refractivity contribution < 1.29 is 9.47 Å². The molecule has 0 radical (unpaired) electrons. The number of methoxy groups -OCH3 is 2. The monoisotopic (exact) mass is 275 g/mol. The van der Waals surface area contributed by atoms with E-state index < -0.39 is 0 Å². The zero-order valence-electron chi connectivity index (χ0n) is 11.1. The zero-order valence-corrected chi connectivity index (χ0v) is 11.9. The molecule has 0 atom stereocenters. The molecule has 1 heterocycles. The summed E-state index contributed by atoms with van der Waals surface area (Å²) in [7, 11) is 3.28. The van der Waals surface area contributed by atoms with Gasteiger partial charge in [0.05, 0.1) is 0 Å². The third-order valence-electron chi connectivity index (χ3n) is 2.74. The molecule has 0 bridgehead atoms. The van der Waals surface area contributed by atoms with Crippen molar-refractivity contribution in [2.45, 2.75) is 16.9 Å². The maximum absolute atomic E-state index is 5.22. The van der Waals surface area contributed by atoms with Crippen LogP contribution in [0.1, 0.15) is 17.4 Å². The average Bonchev–Trinajstić information content (AvgIpc) is 2.49. The molecule has 0 spiro atoms. The number of benzene rings is 1. The van der Waals surface area contributed by atoms with Crippen molar-refractivity contribution in [3.8, 4) is 0 Å². The predicted molar refractivity (Wildman–Crippen MR) is 77.0 cm³/mol. The summed E-state index contributed by atoms with van der Waals surface area (Å²) in [5.74, 6) is 0.944. The Bertz CT molecular complexity index is 483. The Balaban J connectivity index is 1.95. The number of hydrogen-bond acceptors (Lipinski definition) is 4. The number of pyridine rings is 1. The summed E-state index contributed by atoms with van der Waals surface area (Å²) >= 11 is 1.80. The molecule has 0 unspecified atom stereocenters. The van der Waals surface area contributed by atoms with Gasteiger partial charge in [0.2, 0.25) is 0 Å². The average molecular weight is 275 g/mol. The second kappa shape index (κ2) is 7.28. The molecule has 0 N–H and O–H groups in total. The fourth-order valence-electron chi connectivity index (χ4n) is 1.74. The Hall–Kier alpha value is -1.36. The van der Waals surface area contributed by atoms with E-state index in [2.05, 4.69) is 17.1 Å². The van der Waals surface area contributed by atoms with E-state index in [-0.39, 0.29) is 6.29 Å². The summed E-state index contributed by atoms with van der Waals surface area (Å²) in [5.41, 5.74) is 2.30. The molecule has 100 valence electrons. The van der Waals surface area contributed by atoms with Crippen LogP contribution in [0.2, 0.25) is 0 Å². The van der Waals surface area contributed by atoms with Gasteiger partial charge >= 0.3 is 0 Å². The Morgan fingerprint density at radius 1 is 1.00 bits per heavy atom. The van der Waals surface area contributed by atoms with Crippen molar-refractivity contribution in [3.63, 3.8) is 0 Å². The SMILES string of the molecule is COC(OC)c1ccc(SCc2ccncc2)cc1. The van der Waals surface area contributed by atoms with Crippen LogP contribution in [0.5, 0.6) is 0 Å².